The predicted molar refractivity (Wildman–Crippen MR) is 226 cm³/mol. The summed E-state index contributed by atoms with van der Waals surface area (Å²) in [6, 6.07) is -0.969. The Bertz CT molecular complexity index is 1280. The number of amides is 1. The molecular weight excluding hydrogens is 830 g/mol. The second kappa shape index (κ2) is 30.5. The molecule has 0 saturated carbocycles. The molecule has 3 saturated heterocycles. The fourth-order valence-electron chi connectivity index (χ4n) is 7.77. The highest BCUT2D eigenvalue weighted by molar-refractivity contribution is 5.76. The fraction of sp³-hybridized carbons (Fsp3) is 0.886. The first-order chi connectivity index (χ1) is 30.3. The van der Waals surface area contributed by atoms with E-state index < -0.39 is 124 Å². The second-order valence-electron chi connectivity index (χ2n) is 16.9. The number of nitrogens with one attached hydrogen (secondary N) is 1. The maximum Gasteiger partial charge on any atom is 0.220 e. The Morgan fingerprint density at radius 1 is 0.556 bits per heavy atom. The number of hydrogen-bond acceptors (Lipinski definition) is 18. The van der Waals surface area contributed by atoms with Crippen LogP contribution in [0.25, 0.3) is 0 Å². The van der Waals surface area contributed by atoms with E-state index in [0.717, 1.165) is 64.2 Å². The molecule has 0 aromatic carbocycles. The number of carbonyl (C=O) groups excluding carboxylic acids is 1. The highest BCUT2D eigenvalue weighted by Gasteiger charge is 2.53. The molecule has 0 aliphatic carbocycles. The van der Waals surface area contributed by atoms with Crippen LogP contribution in [0.4, 0.5) is 0 Å². The fourth-order valence-corrected chi connectivity index (χ4v) is 7.77. The van der Waals surface area contributed by atoms with Gasteiger partial charge in [-0.25, -0.2) is 0 Å². The van der Waals surface area contributed by atoms with Crippen molar-refractivity contribution in [1.29, 1.82) is 0 Å². The maximum absolute atomic E-state index is 13.1. The van der Waals surface area contributed by atoms with Crippen molar-refractivity contribution in [2.45, 2.75) is 221 Å². The summed E-state index contributed by atoms with van der Waals surface area (Å²) in [5.41, 5.74) is 0. The molecule has 19 heteroatoms. The third-order valence-corrected chi connectivity index (χ3v) is 11.7. The SMILES string of the molecule is CCCCC/C=C/C(O)C(COC1OC(CO)C(OC2OC(CO)C(OC3OC(CO)C(O)C(O)C3O)C(O)C2O)C(O)C1O)NC(=O)CCCCCCC/C=C\CCCCCC. The summed E-state index contributed by atoms with van der Waals surface area (Å²) in [5, 5.41) is 119. The number of unbranched alkanes of at least 4 members (excludes halogenated alkanes) is 12. The molecule has 0 radical (unpaired) electrons. The number of carbonyl (C=O) groups is 1. The van der Waals surface area contributed by atoms with Gasteiger partial charge in [-0.2, -0.15) is 0 Å². The van der Waals surface area contributed by atoms with Crippen LogP contribution >= 0.6 is 0 Å². The van der Waals surface area contributed by atoms with E-state index in [9.17, 15) is 61.0 Å². The Balaban J connectivity index is 1.56. The lowest BCUT2D eigenvalue weighted by Gasteiger charge is -2.48. The van der Waals surface area contributed by atoms with Crippen LogP contribution in [0.2, 0.25) is 0 Å². The minimum atomic E-state index is -1.97. The van der Waals surface area contributed by atoms with Gasteiger partial charge in [-0.05, 0) is 44.9 Å². The second-order valence-corrected chi connectivity index (χ2v) is 16.9. The van der Waals surface area contributed by atoms with Gasteiger partial charge in [0.05, 0.1) is 38.6 Å². The molecule has 17 atom stereocenters. The lowest BCUT2D eigenvalue weighted by Crippen LogP contribution is -2.66. The largest absolute Gasteiger partial charge is 0.394 e. The number of ether oxygens (including phenoxy) is 6. The Labute approximate surface area is 371 Å². The monoisotopic (exact) mass is 910 g/mol. The molecule has 3 aliphatic heterocycles. The maximum atomic E-state index is 13.1. The molecule has 0 aromatic heterocycles. The molecule has 1 amide bonds. The van der Waals surface area contributed by atoms with E-state index in [1.165, 1.54) is 25.7 Å². The Morgan fingerprint density at radius 3 is 1.57 bits per heavy atom. The summed E-state index contributed by atoms with van der Waals surface area (Å²) in [5.74, 6) is -0.296. The van der Waals surface area contributed by atoms with E-state index >= 15 is 0 Å². The van der Waals surface area contributed by atoms with E-state index in [1.807, 2.05) is 6.08 Å². The number of aliphatic hydroxyl groups excluding tert-OH is 11. The predicted octanol–water partition coefficient (Wildman–Crippen LogP) is -0.309. The van der Waals surface area contributed by atoms with Crippen molar-refractivity contribution in [3.05, 3.63) is 24.3 Å². The van der Waals surface area contributed by atoms with Crippen LogP contribution in [0.5, 0.6) is 0 Å². The highest BCUT2D eigenvalue weighted by Crippen LogP contribution is 2.33. The van der Waals surface area contributed by atoms with Gasteiger partial charge in [0.1, 0.15) is 73.2 Å². The summed E-state index contributed by atoms with van der Waals surface area (Å²) in [7, 11) is 0. The van der Waals surface area contributed by atoms with Gasteiger partial charge in [0.2, 0.25) is 5.91 Å². The van der Waals surface area contributed by atoms with Crippen molar-refractivity contribution in [2.24, 2.45) is 0 Å². The van der Waals surface area contributed by atoms with Gasteiger partial charge in [0.15, 0.2) is 18.9 Å². The zero-order valence-electron chi connectivity index (χ0n) is 37.0. The van der Waals surface area contributed by atoms with Crippen LogP contribution in [0.1, 0.15) is 117 Å². The Kier molecular flexibility index (Phi) is 26.9. The van der Waals surface area contributed by atoms with Crippen molar-refractivity contribution in [2.75, 3.05) is 26.4 Å². The van der Waals surface area contributed by atoms with Gasteiger partial charge in [-0.3, -0.25) is 4.79 Å². The summed E-state index contributed by atoms with van der Waals surface area (Å²) in [4.78, 5) is 13.1. The number of rotatable bonds is 30. The van der Waals surface area contributed by atoms with Gasteiger partial charge in [-0.1, -0.05) is 89.5 Å². The molecule has 368 valence electrons. The molecular formula is C44H79NO18. The first kappa shape index (κ1) is 55.6. The van der Waals surface area contributed by atoms with Crippen molar-refractivity contribution in [1.82, 2.24) is 5.32 Å². The molecule has 63 heavy (non-hydrogen) atoms. The zero-order valence-corrected chi connectivity index (χ0v) is 37.0. The summed E-state index contributed by atoms with van der Waals surface area (Å²) in [6.07, 6.45) is -3.06. The first-order valence-electron chi connectivity index (χ1n) is 23.1. The summed E-state index contributed by atoms with van der Waals surface area (Å²) < 4.78 is 33.9. The van der Waals surface area contributed by atoms with Gasteiger partial charge in [0, 0.05) is 6.42 Å². The van der Waals surface area contributed by atoms with Gasteiger partial charge in [-0.15, -0.1) is 0 Å². The molecule has 3 rings (SSSR count). The van der Waals surface area contributed by atoms with Crippen molar-refractivity contribution >= 4 is 5.91 Å². The third-order valence-electron chi connectivity index (χ3n) is 11.7. The van der Waals surface area contributed by atoms with E-state index in [4.69, 9.17) is 28.4 Å². The average molecular weight is 910 g/mol. The summed E-state index contributed by atoms with van der Waals surface area (Å²) >= 11 is 0. The molecule has 12 N–H and O–H groups in total. The Hall–Kier alpha value is -1.73. The van der Waals surface area contributed by atoms with Crippen molar-refractivity contribution in [3.8, 4) is 0 Å². The normalized spacial score (nSPS) is 35.0. The van der Waals surface area contributed by atoms with Crippen LogP contribution < -0.4 is 5.32 Å². The van der Waals surface area contributed by atoms with Gasteiger partial charge < -0.3 is 89.9 Å². The molecule has 0 spiro atoms. The first-order valence-corrected chi connectivity index (χ1v) is 23.1. The Morgan fingerprint density at radius 2 is 1.00 bits per heavy atom. The molecule has 17 unspecified atom stereocenters. The topological polar surface area (TPSA) is 307 Å². The number of allylic oxidation sites excluding steroid dienone is 3. The van der Waals surface area contributed by atoms with E-state index in [0.29, 0.717) is 6.42 Å². The van der Waals surface area contributed by atoms with E-state index in [1.54, 1.807) is 6.08 Å². The lowest BCUT2D eigenvalue weighted by molar-refractivity contribution is -0.379. The molecule has 19 nitrogen and oxygen atoms in total. The van der Waals surface area contributed by atoms with Crippen LogP contribution in [0.15, 0.2) is 24.3 Å². The average Bonchev–Trinajstić information content (AvgIpc) is 3.28. The van der Waals surface area contributed by atoms with Crippen LogP contribution in [-0.2, 0) is 33.2 Å². The number of aliphatic hydroxyl groups is 11. The van der Waals surface area contributed by atoms with Gasteiger partial charge >= 0.3 is 0 Å². The quantitative estimate of drug-likeness (QED) is 0.0325. The third kappa shape index (κ3) is 17.8. The minimum Gasteiger partial charge on any atom is -0.394 e. The molecule has 0 aromatic rings. The lowest BCUT2D eigenvalue weighted by atomic mass is 9.96. The standard InChI is InChI=1S/C44H79NO18/c1-3-5-7-9-10-11-12-13-14-15-16-18-20-22-32(50)45-27(28(49)21-19-17-8-6-4-2)26-58-42-38(56)35(53)40(30(24-47)60-42)63-44-39(57)36(54)41(31(25-48)61-44)62-43-37(55)34(52)33(51)29(23-46)59-43/h11-12,19,21,27-31,33-44,46-49,51-57H,3-10,13-18,20,22-26H2,1-2H3,(H,45,50)/b12-11-,21-19+. The molecule has 0 bridgehead atoms. The highest BCUT2D eigenvalue weighted by atomic mass is 16.8. The minimum absolute atomic E-state index is 0.232. The van der Waals surface area contributed by atoms with Crippen LogP contribution in [0.3, 0.4) is 0 Å². The molecule has 3 fully saturated rings. The van der Waals surface area contributed by atoms with E-state index in [-0.39, 0.29) is 18.9 Å². The van der Waals surface area contributed by atoms with Crippen LogP contribution in [0, 0.1) is 0 Å². The molecule has 3 heterocycles. The smallest absolute Gasteiger partial charge is 0.220 e. The number of hydrogen-bond donors (Lipinski definition) is 12. The van der Waals surface area contributed by atoms with Gasteiger partial charge in [0.25, 0.3) is 0 Å². The van der Waals surface area contributed by atoms with Crippen LogP contribution in [-0.4, -0.2) is 193 Å². The zero-order chi connectivity index (χ0) is 46.3. The molecule has 3 aliphatic rings. The van der Waals surface area contributed by atoms with Crippen molar-refractivity contribution in [3.63, 3.8) is 0 Å². The van der Waals surface area contributed by atoms with E-state index in [2.05, 4.69) is 31.3 Å². The van der Waals surface area contributed by atoms with Crippen molar-refractivity contribution < 1.29 is 89.4 Å². The summed E-state index contributed by atoms with van der Waals surface area (Å²) in [6.45, 7) is 1.51.